The van der Waals surface area contributed by atoms with Gasteiger partial charge in [-0.15, -0.1) is 0 Å². The van der Waals surface area contributed by atoms with Gasteiger partial charge in [-0.3, -0.25) is 9.79 Å². The summed E-state index contributed by atoms with van der Waals surface area (Å²) in [5.74, 6) is 1.09. The number of aliphatic imine (C=N–C) groups is 3. The lowest BCUT2D eigenvalue weighted by molar-refractivity contribution is -0.151. The van der Waals surface area contributed by atoms with E-state index in [1.165, 1.54) is 51.4 Å². The van der Waals surface area contributed by atoms with Crippen LogP contribution >= 0.6 is 0 Å². The quantitative estimate of drug-likeness (QED) is 0.0372. The van der Waals surface area contributed by atoms with Gasteiger partial charge in [-0.1, -0.05) is 90.4 Å². The van der Waals surface area contributed by atoms with E-state index in [4.69, 9.17) is 36.7 Å². The van der Waals surface area contributed by atoms with E-state index in [2.05, 4.69) is 29.1 Å². The zero-order valence-electron chi connectivity index (χ0n) is 34.2. The van der Waals surface area contributed by atoms with Crippen LogP contribution in [0.4, 0.5) is 0 Å². The van der Waals surface area contributed by atoms with Gasteiger partial charge in [0.25, 0.3) is 0 Å². The Morgan fingerprint density at radius 2 is 1.53 bits per heavy atom. The van der Waals surface area contributed by atoms with Gasteiger partial charge < -0.3 is 41.8 Å². The number of nitrogens with one attached hydrogen (secondary N) is 1. The van der Waals surface area contributed by atoms with Crippen molar-refractivity contribution in [2.75, 3.05) is 26.3 Å². The van der Waals surface area contributed by atoms with Crippen LogP contribution in [0.5, 0.6) is 0 Å². The van der Waals surface area contributed by atoms with Crippen LogP contribution in [-0.2, 0) is 19.1 Å². The zero-order chi connectivity index (χ0) is 39.0. The molecule has 0 radical (unpaired) electrons. The number of rotatable bonds is 25. The predicted molar refractivity (Wildman–Crippen MR) is 220 cm³/mol. The molecule has 7 N–H and O–H groups in total. The lowest BCUT2D eigenvalue weighted by Crippen LogP contribution is -2.63. The van der Waals surface area contributed by atoms with Gasteiger partial charge in [0.05, 0.1) is 36.8 Å². The van der Waals surface area contributed by atoms with Crippen molar-refractivity contribution in [3.8, 4) is 0 Å². The molecule has 5 heterocycles. The van der Waals surface area contributed by atoms with Gasteiger partial charge in [0, 0.05) is 36.9 Å². The Kier molecular flexibility index (Phi) is 17.3. The highest BCUT2D eigenvalue weighted by atomic mass is 16.5. The monoisotopic (exact) mass is 768 g/mol. The molecule has 310 valence electrons. The Morgan fingerprint density at radius 3 is 2.27 bits per heavy atom. The molecule has 5 rings (SSSR count). The van der Waals surface area contributed by atoms with Crippen LogP contribution in [0.1, 0.15) is 162 Å². The van der Waals surface area contributed by atoms with Gasteiger partial charge in [0.1, 0.15) is 0 Å². The molecule has 0 bridgehead atoms. The third kappa shape index (κ3) is 12.2. The molecule has 13 nitrogen and oxygen atoms in total. The summed E-state index contributed by atoms with van der Waals surface area (Å²) in [6.07, 6.45) is 25.3. The summed E-state index contributed by atoms with van der Waals surface area (Å²) in [6, 6.07) is 0.876. The maximum atomic E-state index is 13.4. The van der Waals surface area contributed by atoms with E-state index >= 15 is 0 Å². The number of allylic oxidation sites excluding steroid dienone is 1. The zero-order valence-corrected chi connectivity index (χ0v) is 34.2. The number of esters is 2. The Bertz CT molecular complexity index is 1360. The fourth-order valence-corrected chi connectivity index (χ4v) is 9.47. The Labute approximate surface area is 330 Å². The highest BCUT2D eigenvalue weighted by Crippen LogP contribution is 2.40. The number of nitrogens with two attached hydrogens (primary N) is 3. The summed E-state index contributed by atoms with van der Waals surface area (Å²) >= 11 is 0. The highest BCUT2D eigenvalue weighted by molar-refractivity contribution is 5.95. The van der Waals surface area contributed by atoms with Crippen molar-refractivity contribution in [2.24, 2.45) is 38.1 Å². The molecular formula is C42H73N9O4. The van der Waals surface area contributed by atoms with Gasteiger partial charge in [-0.25, -0.2) is 14.8 Å². The molecule has 0 aromatic heterocycles. The summed E-state index contributed by atoms with van der Waals surface area (Å²) < 4.78 is 11.6. The minimum Gasteiger partial charge on any atom is -0.465 e. The summed E-state index contributed by atoms with van der Waals surface area (Å²) in [6.45, 7) is 6.48. The number of ether oxygens (including phenoxy) is 2. The molecular weight excluding hydrogens is 695 g/mol. The molecule has 4 unspecified atom stereocenters. The number of hydrogen-bond acceptors (Lipinski definition) is 11. The number of fused-ring (bicyclic) bond motifs is 1. The minimum absolute atomic E-state index is 0.0639. The fourth-order valence-electron chi connectivity index (χ4n) is 9.47. The smallest absolute Gasteiger partial charge is 0.337 e. The third-order valence-corrected chi connectivity index (χ3v) is 12.4. The average Bonchev–Trinajstić information content (AvgIpc) is 3.82. The van der Waals surface area contributed by atoms with Crippen molar-refractivity contribution in [3.63, 3.8) is 0 Å². The lowest BCUT2D eigenvalue weighted by atomic mass is 9.89. The molecule has 0 amide bonds. The van der Waals surface area contributed by atoms with E-state index in [9.17, 15) is 9.59 Å². The Balaban J connectivity index is 0.945. The summed E-state index contributed by atoms with van der Waals surface area (Å²) in [4.78, 5) is 44.8. The largest absolute Gasteiger partial charge is 0.465 e. The topological polar surface area (TPSA) is 186 Å². The van der Waals surface area contributed by atoms with Crippen LogP contribution in [0.25, 0.3) is 0 Å². The molecule has 5 aliphatic heterocycles. The number of unbranched alkanes of at least 4 members (excludes halogenated alkanes) is 13. The molecule has 0 aromatic carbocycles. The van der Waals surface area contributed by atoms with Crippen molar-refractivity contribution in [1.82, 2.24) is 15.1 Å². The van der Waals surface area contributed by atoms with Crippen LogP contribution in [0.15, 0.2) is 26.2 Å². The molecule has 55 heavy (non-hydrogen) atoms. The lowest BCUT2D eigenvalue weighted by Gasteiger charge is -2.46. The van der Waals surface area contributed by atoms with Crippen LogP contribution in [0.3, 0.4) is 0 Å². The molecule has 13 heteroatoms. The van der Waals surface area contributed by atoms with Gasteiger partial charge >= 0.3 is 11.9 Å². The Hall–Kier alpha value is -3.51. The van der Waals surface area contributed by atoms with E-state index < -0.39 is 0 Å². The summed E-state index contributed by atoms with van der Waals surface area (Å²) in [5, 5.41) is 3.77. The minimum atomic E-state index is -0.278. The van der Waals surface area contributed by atoms with Crippen LogP contribution in [-0.4, -0.2) is 96.1 Å². The van der Waals surface area contributed by atoms with E-state index in [0.717, 1.165) is 108 Å². The second kappa shape index (κ2) is 22.3. The number of carbonyl (C=O) groups is 2. The van der Waals surface area contributed by atoms with Crippen molar-refractivity contribution < 1.29 is 19.1 Å². The maximum absolute atomic E-state index is 13.4. The average molecular weight is 768 g/mol. The summed E-state index contributed by atoms with van der Waals surface area (Å²) in [5.41, 5.74) is 18.8. The molecule has 0 spiro atoms. The number of guanidine groups is 3. The second-order valence-electron chi connectivity index (χ2n) is 16.6. The number of carbonyl (C=O) groups excluding carboxylic acids is 2. The summed E-state index contributed by atoms with van der Waals surface area (Å²) in [7, 11) is 0. The molecule has 0 aromatic rings. The van der Waals surface area contributed by atoms with E-state index in [1.54, 1.807) is 0 Å². The molecule has 3 saturated heterocycles. The molecule has 3 fully saturated rings. The number of nitrogens with zero attached hydrogens (tertiary/aromatic N) is 5. The van der Waals surface area contributed by atoms with Gasteiger partial charge in [0.15, 0.2) is 17.9 Å². The highest BCUT2D eigenvalue weighted by Gasteiger charge is 2.51. The number of hydrogen-bond donors (Lipinski definition) is 4. The fraction of sp³-hybridized carbons (Fsp3) is 0.833. The molecule has 0 saturated carbocycles. The standard InChI is InChI=1S/C42H73N9O4/c1-3-4-5-6-8-11-14-20-31-29-32-23-24-35-36(30(2)47-42(48-31)51(32)35)38(52)54-27-17-13-10-7-9-12-15-21-33-37(34-22-19-26-50(34)41(45)49-33)39(53)55-28-18-16-25-46-40(43)44/h30-33,35-36H,3-29H2,1-2H3,(H2,45,49)(H,47,48)(H4,43,44,46)/t30-,31+,32?,33?,35?,36?/m0/s1. The third-order valence-electron chi connectivity index (χ3n) is 12.4. The molecule has 6 atom stereocenters. The first-order chi connectivity index (χ1) is 26.8. The van der Waals surface area contributed by atoms with Gasteiger partial charge in [-0.05, 0) is 71.1 Å². The van der Waals surface area contributed by atoms with Crippen molar-refractivity contribution >= 4 is 29.8 Å². The maximum Gasteiger partial charge on any atom is 0.337 e. The van der Waals surface area contributed by atoms with Crippen molar-refractivity contribution in [3.05, 3.63) is 11.3 Å². The normalized spacial score (nSPS) is 25.5. The van der Waals surface area contributed by atoms with Gasteiger partial charge in [-0.2, -0.15) is 0 Å². The van der Waals surface area contributed by atoms with E-state index in [1.807, 2.05) is 4.90 Å². The van der Waals surface area contributed by atoms with E-state index in [0.29, 0.717) is 49.8 Å². The molecule has 5 aliphatic rings. The van der Waals surface area contributed by atoms with Crippen molar-refractivity contribution in [1.29, 1.82) is 0 Å². The Morgan fingerprint density at radius 1 is 0.855 bits per heavy atom. The second-order valence-corrected chi connectivity index (χ2v) is 16.6. The van der Waals surface area contributed by atoms with Crippen LogP contribution in [0, 0.1) is 5.92 Å². The molecule has 0 aliphatic carbocycles. The van der Waals surface area contributed by atoms with Gasteiger partial charge in [0.2, 0.25) is 0 Å². The predicted octanol–water partition coefficient (Wildman–Crippen LogP) is 6.00. The van der Waals surface area contributed by atoms with E-state index in [-0.39, 0.29) is 41.9 Å². The van der Waals surface area contributed by atoms with Crippen LogP contribution in [0.2, 0.25) is 0 Å². The first-order valence-electron chi connectivity index (χ1n) is 22.1. The first-order valence-corrected chi connectivity index (χ1v) is 22.1. The van der Waals surface area contributed by atoms with Crippen molar-refractivity contribution in [2.45, 2.75) is 192 Å². The van der Waals surface area contributed by atoms with Crippen LogP contribution < -0.4 is 22.5 Å². The first kappa shape index (κ1) is 42.6. The SMILES string of the molecule is CCCCCCCCC[C@@H]1CC2CCC3C(C(=O)OCCCCCCCCCC4N=C(N)N5CCCC5=C4C(=O)OCCCCN=C(N)N)[C@H](C)N=C(N1)N23.